The number of aromatic nitrogens is 3. The molecule has 6 heteroatoms. The number of ether oxygens (including phenoxy) is 1. The molecule has 5 rings (SSSR count). The Morgan fingerprint density at radius 2 is 1.62 bits per heavy atom. The smallest absolute Gasteiger partial charge is 0.432 e. The van der Waals surface area contributed by atoms with Crippen LogP contribution in [-0.2, 0) is 4.74 Å². The fourth-order valence-electron chi connectivity index (χ4n) is 3.94. The third-order valence-electron chi connectivity index (χ3n) is 5.31. The van der Waals surface area contributed by atoms with Gasteiger partial charge in [0.2, 0.25) is 0 Å². The molecule has 4 aromatic rings. The van der Waals surface area contributed by atoms with Gasteiger partial charge in [-0.15, -0.1) is 5.10 Å². The van der Waals surface area contributed by atoms with E-state index in [-0.39, 0.29) is 12.5 Å². The summed E-state index contributed by atoms with van der Waals surface area (Å²) in [4.78, 5) is 18.7. The first-order valence-electron chi connectivity index (χ1n) is 9.47. The van der Waals surface area contributed by atoms with Gasteiger partial charge < -0.3 is 4.74 Å². The molecule has 0 fully saturated rings. The van der Waals surface area contributed by atoms with Gasteiger partial charge in [0.1, 0.15) is 17.6 Å². The zero-order valence-electron chi connectivity index (χ0n) is 16.1. The van der Waals surface area contributed by atoms with Gasteiger partial charge in [0.15, 0.2) is 0 Å². The molecule has 0 spiro atoms. The molecular weight excluding hydrogens is 366 g/mol. The lowest BCUT2D eigenvalue weighted by Gasteiger charge is -2.14. The molecule has 1 aromatic heterocycles. The molecule has 29 heavy (non-hydrogen) atoms. The average Bonchev–Trinajstić information content (AvgIpc) is 3.25. The number of nitrogens with zero attached hydrogens (tertiary/aromatic N) is 3. The fourth-order valence-corrected chi connectivity index (χ4v) is 3.94. The summed E-state index contributed by atoms with van der Waals surface area (Å²) in [5.41, 5.74) is 8.32. The van der Waals surface area contributed by atoms with Crippen molar-refractivity contribution in [2.45, 2.75) is 19.8 Å². The van der Waals surface area contributed by atoms with Crippen molar-refractivity contribution in [2.75, 3.05) is 6.61 Å². The molecule has 0 saturated carbocycles. The van der Waals surface area contributed by atoms with E-state index in [1.165, 1.54) is 33.4 Å². The number of aryl methyl sites for hydroxylation is 2. The third kappa shape index (κ3) is 3.02. The Labute approximate surface area is 167 Å². The van der Waals surface area contributed by atoms with Crippen LogP contribution < -0.4 is 4.84 Å². The second kappa shape index (κ2) is 6.74. The minimum atomic E-state index is -0.809. The van der Waals surface area contributed by atoms with Crippen LogP contribution in [0.1, 0.15) is 28.2 Å². The van der Waals surface area contributed by atoms with Gasteiger partial charge in [-0.05, 0) is 53.4 Å². The highest BCUT2D eigenvalue weighted by molar-refractivity contribution is 5.80. The standard InChI is InChI=1S/C23H19N3O3/c1-14-7-9-16-17-10-8-15(2)12-19(17)20(18(16)11-14)13-28-23(27)29-26-22-6-4-3-5-21(22)24-25-26/h3-12,20H,13H2,1-2H3. The van der Waals surface area contributed by atoms with E-state index >= 15 is 0 Å². The van der Waals surface area contributed by atoms with Crippen LogP contribution in [-0.4, -0.2) is 27.9 Å². The molecule has 0 atom stereocenters. The molecular formula is C23H19N3O3. The van der Waals surface area contributed by atoms with Crippen LogP contribution in [0.3, 0.4) is 0 Å². The molecule has 0 aliphatic heterocycles. The zero-order chi connectivity index (χ0) is 20.0. The van der Waals surface area contributed by atoms with E-state index in [0.717, 1.165) is 4.85 Å². The number of rotatable bonds is 3. The molecule has 0 radical (unpaired) electrons. The Bertz CT molecular complexity index is 1190. The number of benzene rings is 3. The van der Waals surface area contributed by atoms with Crippen LogP contribution in [0, 0.1) is 13.8 Å². The predicted octanol–water partition coefficient (Wildman–Crippen LogP) is 4.43. The second-order valence-corrected chi connectivity index (χ2v) is 7.34. The van der Waals surface area contributed by atoms with E-state index in [9.17, 15) is 4.79 Å². The van der Waals surface area contributed by atoms with Crippen LogP contribution in [0.25, 0.3) is 22.2 Å². The van der Waals surface area contributed by atoms with Crippen molar-refractivity contribution in [3.63, 3.8) is 0 Å². The highest BCUT2D eigenvalue weighted by Gasteiger charge is 2.30. The maximum Gasteiger partial charge on any atom is 0.535 e. The summed E-state index contributed by atoms with van der Waals surface area (Å²) in [5, 5.41) is 7.82. The van der Waals surface area contributed by atoms with Crippen LogP contribution in [0.5, 0.6) is 0 Å². The molecule has 1 aliphatic rings. The van der Waals surface area contributed by atoms with Crippen molar-refractivity contribution >= 4 is 17.2 Å². The van der Waals surface area contributed by atoms with E-state index in [1.807, 2.05) is 12.1 Å². The molecule has 6 nitrogen and oxygen atoms in total. The Morgan fingerprint density at radius 1 is 0.966 bits per heavy atom. The maximum absolute atomic E-state index is 12.3. The largest absolute Gasteiger partial charge is 0.535 e. The average molecular weight is 385 g/mol. The number of carbonyl (C=O) groups excluding carboxylic acids is 1. The molecule has 0 N–H and O–H groups in total. The van der Waals surface area contributed by atoms with Crippen LogP contribution >= 0.6 is 0 Å². The van der Waals surface area contributed by atoms with E-state index in [0.29, 0.717) is 11.0 Å². The van der Waals surface area contributed by atoms with Gasteiger partial charge in [0.05, 0.1) is 0 Å². The van der Waals surface area contributed by atoms with E-state index in [2.05, 4.69) is 60.6 Å². The first-order valence-corrected chi connectivity index (χ1v) is 9.47. The van der Waals surface area contributed by atoms with Gasteiger partial charge in [-0.25, -0.2) is 4.79 Å². The number of para-hydroxylation sites is 1. The highest BCUT2D eigenvalue weighted by Crippen LogP contribution is 2.45. The van der Waals surface area contributed by atoms with E-state index in [4.69, 9.17) is 9.57 Å². The van der Waals surface area contributed by atoms with Crippen molar-refractivity contribution in [2.24, 2.45) is 0 Å². The monoisotopic (exact) mass is 385 g/mol. The zero-order valence-corrected chi connectivity index (χ0v) is 16.1. The minimum absolute atomic E-state index is 0.0279. The summed E-state index contributed by atoms with van der Waals surface area (Å²) in [6.45, 7) is 4.32. The molecule has 1 heterocycles. The van der Waals surface area contributed by atoms with Crippen molar-refractivity contribution < 1.29 is 14.4 Å². The SMILES string of the molecule is Cc1ccc2c(c1)C(COC(=O)On1nnc3ccccc31)c1cc(C)ccc1-2. The van der Waals surface area contributed by atoms with Gasteiger partial charge in [-0.1, -0.05) is 64.5 Å². The molecule has 0 bridgehead atoms. The van der Waals surface area contributed by atoms with E-state index in [1.54, 1.807) is 12.1 Å². The molecule has 144 valence electrons. The molecule has 0 amide bonds. The van der Waals surface area contributed by atoms with Crippen molar-refractivity contribution in [1.29, 1.82) is 0 Å². The second-order valence-electron chi connectivity index (χ2n) is 7.34. The highest BCUT2D eigenvalue weighted by atomic mass is 16.8. The number of carbonyl (C=O) groups is 1. The van der Waals surface area contributed by atoms with Gasteiger partial charge in [-0.2, -0.15) is 0 Å². The summed E-state index contributed by atoms with van der Waals surface area (Å²) >= 11 is 0. The van der Waals surface area contributed by atoms with Crippen molar-refractivity contribution in [1.82, 2.24) is 15.2 Å². The van der Waals surface area contributed by atoms with Crippen molar-refractivity contribution in [3.8, 4) is 11.1 Å². The number of hydrogen-bond acceptors (Lipinski definition) is 5. The lowest BCUT2D eigenvalue weighted by atomic mass is 9.96. The molecule has 0 unspecified atom stereocenters. The molecule has 0 saturated heterocycles. The van der Waals surface area contributed by atoms with Gasteiger partial charge in [-0.3, -0.25) is 4.84 Å². The first-order chi connectivity index (χ1) is 14.1. The Kier molecular flexibility index (Phi) is 4.05. The van der Waals surface area contributed by atoms with Gasteiger partial charge in [0, 0.05) is 5.92 Å². The number of hydrogen-bond donors (Lipinski definition) is 0. The third-order valence-corrected chi connectivity index (χ3v) is 5.31. The predicted molar refractivity (Wildman–Crippen MR) is 109 cm³/mol. The summed E-state index contributed by atoms with van der Waals surface area (Å²) in [7, 11) is 0. The summed E-state index contributed by atoms with van der Waals surface area (Å²) in [5.74, 6) is -0.0279. The maximum atomic E-state index is 12.3. The van der Waals surface area contributed by atoms with Gasteiger partial charge >= 0.3 is 6.16 Å². The van der Waals surface area contributed by atoms with Gasteiger partial charge in [0.25, 0.3) is 0 Å². The number of fused-ring (bicyclic) bond motifs is 4. The quantitative estimate of drug-likeness (QED) is 0.386. The summed E-state index contributed by atoms with van der Waals surface area (Å²) in [6.07, 6.45) is -0.809. The Morgan fingerprint density at radius 3 is 2.31 bits per heavy atom. The van der Waals surface area contributed by atoms with Crippen LogP contribution in [0.15, 0.2) is 60.7 Å². The Balaban J connectivity index is 1.38. The minimum Gasteiger partial charge on any atom is -0.432 e. The molecule has 1 aliphatic carbocycles. The lowest BCUT2D eigenvalue weighted by molar-refractivity contribution is 0.0379. The topological polar surface area (TPSA) is 66.2 Å². The first kappa shape index (κ1) is 17.4. The van der Waals surface area contributed by atoms with Crippen LogP contribution in [0.2, 0.25) is 0 Å². The van der Waals surface area contributed by atoms with E-state index < -0.39 is 6.16 Å². The normalized spacial score (nSPS) is 12.6. The summed E-state index contributed by atoms with van der Waals surface area (Å²) < 4.78 is 5.49. The Hall–Kier alpha value is -3.67. The van der Waals surface area contributed by atoms with Crippen LogP contribution in [0.4, 0.5) is 4.79 Å². The lowest BCUT2D eigenvalue weighted by Crippen LogP contribution is -2.23. The van der Waals surface area contributed by atoms with Crippen molar-refractivity contribution in [3.05, 3.63) is 82.9 Å². The fraction of sp³-hybridized carbons (Fsp3) is 0.174. The molecule has 3 aromatic carbocycles. The summed E-state index contributed by atoms with van der Waals surface area (Å²) in [6, 6.07) is 20.1.